The molecule has 3 aromatic heterocycles. The van der Waals surface area contributed by atoms with E-state index in [9.17, 15) is 9.59 Å². The summed E-state index contributed by atoms with van der Waals surface area (Å²) in [5.41, 5.74) is 0.871. The number of aryl methyl sites for hydroxylation is 1. The molecule has 27 heavy (non-hydrogen) atoms. The van der Waals surface area contributed by atoms with Gasteiger partial charge in [-0.1, -0.05) is 0 Å². The quantitative estimate of drug-likeness (QED) is 0.568. The standard InChI is InChI=1S/C18H18N4O2S3/c1-11-17(15-4-3-14(27-15)9-20-12(2)23)22-18(26-11)21-16(24)10-25-13-5-7-19-8-6-13/h3-8H,9-10H2,1-2H3,(H,20,23)(H,21,22,24). The maximum Gasteiger partial charge on any atom is 0.236 e. The Hall–Kier alpha value is -2.23. The Morgan fingerprint density at radius 3 is 2.67 bits per heavy atom. The highest BCUT2D eigenvalue weighted by molar-refractivity contribution is 8.00. The van der Waals surface area contributed by atoms with Crippen LogP contribution in [0.3, 0.4) is 0 Å². The first-order valence-electron chi connectivity index (χ1n) is 8.15. The zero-order valence-electron chi connectivity index (χ0n) is 14.8. The third-order valence-electron chi connectivity index (χ3n) is 3.47. The van der Waals surface area contributed by atoms with Crippen molar-refractivity contribution in [1.29, 1.82) is 0 Å². The van der Waals surface area contributed by atoms with E-state index in [4.69, 9.17) is 0 Å². The van der Waals surface area contributed by atoms with Crippen molar-refractivity contribution in [2.75, 3.05) is 11.1 Å². The Morgan fingerprint density at radius 2 is 1.93 bits per heavy atom. The molecule has 9 heteroatoms. The molecule has 0 saturated carbocycles. The molecule has 0 aliphatic rings. The summed E-state index contributed by atoms with van der Waals surface area (Å²) in [5.74, 6) is 0.178. The minimum Gasteiger partial charge on any atom is -0.351 e. The van der Waals surface area contributed by atoms with E-state index in [0.717, 1.165) is 25.2 Å². The predicted octanol–water partition coefficient (Wildman–Crippen LogP) is 3.94. The molecular weight excluding hydrogens is 400 g/mol. The van der Waals surface area contributed by atoms with Gasteiger partial charge in [0.05, 0.1) is 22.9 Å². The van der Waals surface area contributed by atoms with Gasteiger partial charge in [-0.25, -0.2) is 4.98 Å². The van der Waals surface area contributed by atoms with Crippen LogP contribution in [0.15, 0.2) is 41.6 Å². The van der Waals surface area contributed by atoms with Crippen LogP contribution < -0.4 is 10.6 Å². The average molecular weight is 419 g/mol. The molecule has 0 radical (unpaired) electrons. The Balaban J connectivity index is 1.60. The highest BCUT2D eigenvalue weighted by atomic mass is 32.2. The minimum atomic E-state index is -0.0883. The second-order valence-corrected chi connectivity index (χ2v) is 9.04. The van der Waals surface area contributed by atoms with Gasteiger partial charge in [0.1, 0.15) is 0 Å². The van der Waals surface area contributed by atoms with Crippen LogP contribution in [0.2, 0.25) is 0 Å². The fourth-order valence-electron chi connectivity index (χ4n) is 2.23. The molecule has 0 fully saturated rings. The first-order valence-corrected chi connectivity index (χ1v) is 10.8. The van der Waals surface area contributed by atoms with Crippen molar-refractivity contribution < 1.29 is 9.59 Å². The summed E-state index contributed by atoms with van der Waals surface area (Å²) < 4.78 is 0. The van der Waals surface area contributed by atoms with Crippen LogP contribution in [0.1, 0.15) is 16.7 Å². The van der Waals surface area contributed by atoms with Crippen LogP contribution in [0.25, 0.3) is 10.6 Å². The van der Waals surface area contributed by atoms with Gasteiger partial charge in [0.2, 0.25) is 11.8 Å². The van der Waals surface area contributed by atoms with Gasteiger partial charge in [-0.05, 0) is 31.2 Å². The second-order valence-electron chi connectivity index (χ2n) is 5.62. The molecule has 0 aliphatic carbocycles. The molecule has 6 nitrogen and oxygen atoms in total. The van der Waals surface area contributed by atoms with Crippen molar-refractivity contribution in [2.24, 2.45) is 0 Å². The van der Waals surface area contributed by atoms with Crippen molar-refractivity contribution in [2.45, 2.75) is 25.3 Å². The first-order chi connectivity index (χ1) is 13.0. The number of hydrogen-bond donors (Lipinski definition) is 2. The summed E-state index contributed by atoms with van der Waals surface area (Å²) in [6.45, 7) is 4.00. The lowest BCUT2D eigenvalue weighted by atomic mass is 10.3. The van der Waals surface area contributed by atoms with Gasteiger partial charge < -0.3 is 10.6 Å². The van der Waals surface area contributed by atoms with Gasteiger partial charge in [-0.15, -0.1) is 34.4 Å². The number of aromatic nitrogens is 2. The molecule has 3 heterocycles. The lowest BCUT2D eigenvalue weighted by molar-refractivity contribution is -0.119. The number of rotatable bonds is 7. The number of anilines is 1. The lowest BCUT2D eigenvalue weighted by Gasteiger charge is -2.01. The topological polar surface area (TPSA) is 84.0 Å². The van der Waals surface area contributed by atoms with Crippen molar-refractivity contribution in [3.05, 3.63) is 46.4 Å². The summed E-state index contributed by atoms with van der Waals surface area (Å²) in [7, 11) is 0. The van der Waals surface area contributed by atoms with Crippen LogP contribution in [-0.2, 0) is 16.1 Å². The lowest BCUT2D eigenvalue weighted by Crippen LogP contribution is -2.17. The number of nitrogens with zero attached hydrogens (tertiary/aromatic N) is 2. The van der Waals surface area contributed by atoms with Gasteiger partial charge in [-0.2, -0.15) is 0 Å². The Morgan fingerprint density at radius 1 is 1.15 bits per heavy atom. The highest BCUT2D eigenvalue weighted by Gasteiger charge is 2.14. The Kier molecular flexibility index (Phi) is 6.59. The minimum absolute atomic E-state index is 0.0515. The molecular formula is C18H18N4O2S3. The fraction of sp³-hybridized carbons (Fsp3) is 0.222. The first kappa shape index (κ1) is 19.5. The van der Waals surface area contributed by atoms with Gasteiger partial charge in [-0.3, -0.25) is 14.6 Å². The number of amides is 2. The average Bonchev–Trinajstić information content (AvgIpc) is 3.25. The fourth-order valence-corrected chi connectivity index (χ4v) is 4.82. The maximum absolute atomic E-state index is 12.2. The van der Waals surface area contributed by atoms with E-state index < -0.39 is 0 Å². The number of nitrogens with one attached hydrogen (secondary N) is 2. The second kappa shape index (κ2) is 9.12. The predicted molar refractivity (Wildman–Crippen MR) is 111 cm³/mol. The van der Waals surface area contributed by atoms with E-state index >= 15 is 0 Å². The van der Waals surface area contributed by atoms with Crippen LogP contribution >= 0.6 is 34.4 Å². The van der Waals surface area contributed by atoms with E-state index in [1.165, 1.54) is 30.0 Å². The summed E-state index contributed by atoms with van der Waals surface area (Å²) in [4.78, 5) is 35.9. The summed E-state index contributed by atoms with van der Waals surface area (Å²) in [5, 5.41) is 6.26. The molecule has 3 rings (SSSR count). The summed E-state index contributed by atoms with van der Waals surface area (Å²) in [6, 6.07) is 7.73. The molecule has 0 spiro atoms. The third kappa shape index (κ3) is 5.62. The highest BCUT2D eigenvalue weighted by Crippen LogP contribution is 2.34. The summed E-state index contributed by atoms with van der Waals surface area (Å²) in [6.07, 6.45) is 3.41. The van der Waals surface area contributed by atoms with E-state index in [1.807, 2.05) is 31.2 Å². The van der Waals surface area contributed by atoms with Gasteiger partial charge in [0.25, 0.3) is 0 Å². The molecule has 0 aromatic carbocycles. The zero-order valence-corrected chi connectivity index (χ0v) is 17.3. The molecule has 0 bridgehead atoms. The number of pyridine rings is 1. The van der Waals surface area contributed by atoms with E-state index in [0.29, 0.717) is 17.4 Å². The molecule has 0 saturated heterocycles. The van der Waals surface area contributed by atoms with E-state index in [2.05, 4.69) is 20.6 Å². The number of carbonyl (C=O) groups is 2. The van der Waals surface area contributed by atoms with Crippen LogP contribution in [0, 0.1) is 6.92 Å². The van der Waals surface area contributed by atoms with E-state index in [1.54, 1.807) is 23.7 Å². The Labute approximate surface area is 169 Å². The molecule has 3 aromatic rings. The van der Waals surface area contributed by atoms with Gasteiger partial charge in [0, 0.05) is 34.0 Å². The molecule has 140 valence electrons. The Bertz CT molecular complexity index is 937. The molecule has 0 aliphatic heterocycles. The SMILES string of the molecule is CC(=O)NCc1ccc(-c2nc(NC(=O)CSc3ccncc3)sc2C)s1. The van der Waals surface area contributed by atoms with Crippen molar-refractivity contribution in [1.82, 2.24) is 15.3 Å². The van der Waals surface area contributed by atoms with E-state index in [-0.39, 0.29) is 11.8 Å². The van der Waals surface area contributed by atoms with Crippen LogP contribution in [0.4, 0.5) is 5.13 Å². The van der Waals surface area contributed by atoms with Crippen LogP contribution in [0.5, 0.6) is 0 Å². The molecule has 0 unspecified atom stereocenters. The van der Waals surface area contributed by atoms with Crippen molar-refractivity contribution in [3.63, 3.8) is 0 Å². The number of carbonyl (C=O) groups excluding carboxylic acids is 2. The maximum atomic E-state index is 12.2. The number of thiophene rings is 1. The van der Waals surface area contributed by atoms with Crippen molar-refractivity contribution in [3.8, 4) is 10.6 Å². The largest absolute Gasteiger partial charge is 0.351 e. The summed E-state index contributed by atoms with van der Waals surface area (Å²) >= 11 is 4.51. The van der Waals surface area contributed by atoms with Gasteiger partial charge >= 0.3 is 0 Å². The van der Waals surface area contributed by atoms with Crippen LogP contribution in [-0.4, -0.2) is 27.5 Å². The molecule has 2 N–H and O–H groups in total. The van der Waals surface area contributed by atoms with Crippen molar-refractivity contribution >= 4 is 51.4 Å². The molecule has 2 amide bonds. The zero-order chi connectivity index (χ0) is 19.2. The third-order valence-corrected chi connectivity index (χ3v) is 6.46. The number of thioether (sulfide) groups is 1. The number of thiazole rings is 1. The number of hydrogen-bond acceptors (Lipinski definition) is 7. The van der Waals surface area contributed by atoms with Gasteiger partial charge in [0.15, 0.2) is 5.13 Å². The normalized spacial score (nSPS) is 10.6. The molecule has 0 atom stereocenters. The smallest absolute Gasteiger partial charge is 0.236 e. The monoisotopic (exact) mass is 418 g/mol.